The highest BCUT2D eigenvalue weighted by molar-refractivity contribution is 9.10. The van der Waals surface area contributed by atoms with Crippen molar-refractivity contribution < 1.29 is 4.39 Å². The zero-order valence-electron chi connectivity index (χ0n) is 15.3. The van der Waals surface area contributed by atoms with Gasteiger partial charge in [-0.3, -0.25) is 4.99 Å². The predicted octanol–water partition coefficient (Wildman–Crippen LogP) is 3.56. The summed E-state index contributed by atoms with van der Waals surface area (Å²) in [5.74, 6) is 0.673. The molecule has 0 spiro atoms. The maximum Gasteiger partial charge on any atom is 0.191 e. The molecule has 1 aliphatic heterocycles. The van der Waals surface area contributed by atoms with Gasteiger partial charge in [-0.05, 0) is 62.9 Å². The van der Waals surface area contributed by atoms with Gasteiger partial charge in [0.15, 0.2) is 5.96 Å². The van der Waals surface area contributed by atoms with Gasteiger partial charge >= 0.3 is 0 Å². The van der Waals surface area contributed by atoms with Gasteiger partial charge in [-0.1, -0.05) is 22.9 Å². The number of nitrogens with one attached hydrogen (secondary N) is 2. The molecule has 1 aromatic rings. The Kier molecular flexibility index (Phi) is 8.68. The Morgan fingerprint density at radius 1 is 1.32 bits per heavy atom. The van der Waals surface area contributed by atoms with Crippen molar-refractivity contribution in [2.45, 2.75) is 45.6 Å². The number of rotatable bonds is 7. The predicted molar refractivity (Wildman–Crippen MR) is 107 cm³/mol. The zero-order valence-corrected chi connectivity index (χ0v) is 16.9. The Hall–Kier alpha value is -1.14. The quantitative estimate of drug-likeness (QED) is 0.531. The molecule has 1 aliphatic rings. The van der Waals surface area contributed by atoms with E-state index in [9.17, 15) is 4.39 Å². The minimum Gasteiger partial charge on any atom is -0.357 e. The standard InChI is InChI=1S/C19H30BrFN4/c1-3-11-25-12-8-17(9-13-25)24-19(22-4-2)23-10-7-15-14-16(20)5-6-18(15)21/h5-6,14,17H,3-4,7-13H2,1-2H3,(H2,22,23,24). The third kappa shape index (κ3) is 6.94. The smallest absolute Gasteiger partial charge is 0.191 e. The lowest BCUT2D eigenvalue weighted by Gasteiger charge is -2.32. The van der Waals surface area contributed by atoms with Crippen LogP contribution >= 0.6 is 15.9 Å². The van der Waals surface area contributed by atoms with E-state index in [0.29, 0.717) is 24.6 Å². The van der Waals surface area contributed by atoms with Crippen molar-refractivity contribution in [3.05, 3.63) is 34.1 Å². The summed E-state index contributed by atoms with van der Waals surface area (Å²) in [6.07, 6.45) is 4.10. The fraction of sp³-hybridized carbons (Fsp3) is 0.632. The van der Waals surface area contributed by atoms with E-state index in [1.54, 1.807) is 6.07 Å². The highest BCUT2D eigenvalue weighted by Crippen LogP contribution is 2.16. The van der Waals surface area contributed by atoms with Crippen LogP contribution in [0.4, 0.5) is 4.39 Å². The number of guanidine groups is 1. The number of piperidine rings is 1. The molecule has 1 heterocycles. The molecule has 0 aromatic heterocycles. The molecule has 0 amide bonds. The van der Waals surface area contributed by atoms with Crippen molar-refractivity contribution in [2.75, 3.05) is 32.7 Å². The number of halogens is 2. The summed E-state index contributed by atoms with van der Waals surface area (Å²) in [7, 11) is 0. The Balaban J connectivity index is 1.85. The lowest BCUT2D eigenvalue weighted by Crippen LogP contribution is -2.48. The van der Waals surface area contributed by atoms with Crippen molar-refractivity contribution in [1.29, 1.82) is 0 Å². The molecule has 0 radical (unpaired) electrons. The lowest BCUT2D eigenvalue weighted by atomic mass is 10.1. The van der Waals surface area contributed by atoms with Gasteiger partial charge in [0.05, 0.1) is 0 Å². The van der Waals surface area contributed by atoms with E-state index < -0.39 is 0 Å². The fourth-order valence-electron chi connectivity index (χ4n) is 3.15. The average molecular weight is 413 g/mol. The van der Waals surface area contributed by atoms with Crippen LogP contribution in [0.15, 0.2) is 27.7 Å². The summed E-state index contributed by atoms with van der Waals surface area (Å²) in [5.41, 5.74) is 0.696. The summed E-state index contributed by atoms with van der Waals surface area (Å²) in [4.78, 5) is 7.15. The topological polar surface area (TPSA) is 39.7 Å². The molecule has 4 nitrogen and oxygen atoms in total. The van der Waals surface area contributed by atoms with Crippen LogP contribution in [-0.2, 0) is 6.42 Å². The monoisotopic (exact) mass is 412 g/mol. The first-order chi connectivity index (χ1) is 12.1. The van der Waals surface area contributed by atoms with E-state index in [2.05, 4.69) is 50.3 Å². The van der Waals surface area contributed by atoms with Gasteiger partial charge in [0, 0.05) is 36.7 Å². The molecule has 6 heteroatoms. The molecule has 1 saturated heterocycles. The first-order valence-corrected chi connectivity index (χ1v) is 10.1. The maximum absolute atomic E-state index is 13.8. The normalized spacial score (nSPS) is 16.9. The second-order valence-electron chi connectivity index (χ2n) is 6.51. The number of hydrogen-bond acceptors (Lipinski definition) is 2. The second-order valence-corrected chi connectivity index (χ2v) is 7.42. The Bertz CT molecular complexity index is 556. The minimum atomic E-state index is -0.167. The fourth-order valence-corrected chi connectivity index (χ4v) is 3.56. The third-order valence-electron chi connectivity index (χ3n) is 4.47. The van der Waals surface area contributed by atoms with Gasteiger partial charge in [-0.15, -0.1) is 0 Å². The molecule has 0 aliphatic carbocycles. The van der Waals surface area contributed by atoms with E-state index in [1.807, 2.05) is 6.07 Å². The Labute approximate surface area is 159 Å². The van der Waals surface area contributed by atoms with Gasteiger partial charge in [0.25, 0.3) is 0 Å². The lowest BCUT2D eigenvalue weighted by molar-refractivity contribution is 0.206. The van der Waals surface area contributed by atoms with E-state index in [4.69, 9.17) is 0 Å². The van der Waals surface area contributed by atoms with Crippen LogP contribution in [0.25, 0.3) is 0 Å². The zero-order chi connectivity index (χ0) is 18.1. The summed E-state index contributed by atoms with van der Waals surface area (Å²) < 4.78 is 14.7. The van der Waals surface area contributed by atoms with E-state index in [1.165, 1.54) is 19.0 Å². The number of hydrogen-bond donors (Lipinski definition) is 2. The molecule has 0 atom stereocenters. The Morgan fingerprint density at radius 3 is 2.76 bits per heavy atom. The van der Waals surface area contributed by atoms with Gasteiger partial charge < -0.3 is 15.5 Å². The summed E-state index contributed by atoms with van der Waals surface area (Å²) >= 11 is 3.39. The third-order valence-corrected chi connectivity index (χ3v) is 4.96. The molecule has 0 saturated carbocycles. The van der Waals surface area contributed by atoms with Crippen molar-refractivity contribution in [1.82, 2.24) is 15.5 Å². The van der Waals surface area contributed by atoms with Gasteiger partial charge in [0.2, 0.25) is 0 Å². The molecule has 1 aromatic carbocycles. The van der Waals surface area contributed by atoms with Crippen LogP contribution in [0.1, 0.15) is 38.7 Å². The maximum atomic E-state index is 13.8. The molecule has 0 unspecified atom stereocenters. The highest BCUT2D eigenvalue weighted by Gasteiger charge is 2.19. The molecule has 2 rings (SSSR count). The van der Waals surface area contributed by atoms with Crippen LogP contribution < -0.4 is 10.6 Å². The molecule has 1 fully saturated rings. The molecule has 25 heavy (non-hydrogen) atoms. The highest BCUT2D eigenvalue weighted by atomic mass is 79.9. The van der Waals surface area contributed by atoms with Gasteiger partial charge in [-0.25, -0.2) is 4.39 Å². The van der Waals surface area contributed by atoms with Crippen LogP contribution in [0.3, 0.4) is 0 Å². The van der Waals surface area contributed by atoms with Gasteiger partial charge in [-0.2, -0.15) is 0 Å². The van der Waals surface area contributed by atoms with E-state index >= 15 is 0 Å². The summed E-state index contributed by atoms with van der Waals surface area (Å²) in [6, 6.07) is 5.51. The number of aliphatic imine (C=N–C) groups is 1. The average Bonchev–Trinajstić information content (AvgIpc) is 2.60. The van der Waals surface area contributed by atoms with E-state index in [0.717, 1.165) is 42.9 Å². The number of nitrogens with zero attached hydrogens (tertiary/aromatic N) is 2. The second kappa shape index (κ2) is 10.8. The van der Waals surface area contributed by atoms with Crippen molar-refractivity contribution in [2.24, 2.45) is 4.99 Å². The number of benzene rings is 1. The SMILES string of the molecule is CCCN1CCC(NC(=NCCc2cc(Br)ccc2F)NCC)CC1. The first kappa shape index (κ1) is 20.2. The Morgan fingerprint density at radius 2 is 2.08 bits per heavy atom. The summed E-state index contributed by atoms with van der Waals surface area (Å²) in [5, 5.41) is 6.84. The van der Waals surface area contributed by atoms with Crippen LogP contribution in [-0.4, -0.2) is 49.6 Å². The number of likely N-dealkylation sites (tertiary alicyclic amines) is 1. The largest absolute Gasteiger partial charge is 0.357 e. The van der Waals surface area contributed by atoms with Crippen molar-refractivity contribution in [3.63, 3.8) is 0 Å². The van der Waals surface area contributed by atoms with Crippen LogP contribution in [0.2, 0.25) is 0 Å². The van der Waals surface area contributed by atoms with Gasteiger partial charge in [0.1, 0.15) is 5.82 Å². The minimum absolute atomic E-state index is 0.167. The molecular formula is C19H30BrFN4. The molecule has 0 bridgehead atoms. The van der Waals surface area contributed by atoms with Crippen LogP contribution in [0, 0.1) is 5.82 Å². The molecular weight excluding hydrogens is 383 g/mol. The van der Waals surface area contributed by atoms with E-state index in [-0.39, 0.29) is 5.82 Å². The van der Waals surface area contributed by atoms with Crippen LogP contribution in [0.5, 0.6) is 0 Å². The molecule has 2 N–H and O–H groups in total. The van der Waals surface area contributed by atoms with Crippen molar-refractivity contribution in [3.8, 4) is 0 Å². The van der Waals surface area contributed by atoms with Crippen molar-refractivity contribution >= 4 is 21.9 Å². The summed E-state index contributed by atoms with van der Waals surface area (Å²) in [6.45, 7) is 9.17. The first-order valence-electron chi connectivity index (χ1n) is 9.33. The molecule has 140 valence electrons.